The van der Waals surface area contributed by atoms with Gasteiger partial charge in [-0.2, -0.15) is 0 Å². The Hall–Kier alpha value is -2.74. The van der Waals surface area contributed by atoms with Gasteiger partial charge in [0, 0.05) is 11.8 Å². The number of hydrogen-bond donors (Lipinski definition) is 1. The molecule has 0 unspecified atom stereocenters. The van der Waals surface area contributed by atoms with Crippen molar-refractivity contribution in [3.8, 4) is 11.5 Å². The van der Waals surface area contributed by atoms with E-state index in [1.807, 2.05) is 32.0 Å². The second kappa shape index (κ2) is 8.10. The van der Waals surface area contributed by atoms with Crippen LogP contribution in [0.25, 0.3) is 0 Å². The summed E-state index contributed by atoms with van der Waals surface area (Å²) in [5.74, 6) is 0.606. The van der Waals surface area contributed by atoms with E-state index in [4.69, 9.17) is 9.47 Å². The van der Waals surface area contributed by atoms with Crippen LogP contribution in [0.15, 0.2) is 36.4 Å². The van der Waals surface area contributed by atoms with Gasteiger partial charge in [0.05, 0.1) is 11.9 Å². The van der Waals surface area contributed by atoms with Crippen molar-refractivity contribution in [1.29, 1.82) is 0 Å². The molecule has 0 saturated carbocycles. The average molecular weight is 404 g/mol. The third-order valence-corrected chi connectivity index (χ3v) is 5.65. The van der Waals surface area contributed by atoms with E-state index in [1.165, 1.54) is 0 Å². The maximum absolute atomic E-state index is 12.7. The highest BCUT2D eigenvalue weighted by Gasteiger charge is 2.24. The smallest absolute Gasteiger partial charge is 0.245 e. The van der Waals surface area contributed by atoms with E-state index in [2.05, 4.69) is 5.32 Å². The van der Waals surface area contributed by atoms with Crippen molar-refractivity contribution in [3.05, 3.63) is 47.5 Å². The van der Waals surface area contributed by atoms with Crippen LogP contribution in [-0.2, 0) is 21.2 Å². The Balaban J connectivity index is 1.85. The Morgan fingerprint density at radius 1 is 1.14 bits per heavy atom. The molecular weight excluding hydrogens is 380 g/mol. The highest BCUT2D eigenvalue weighted by atomic mass is 32.2. The number of para-hydroxylation sites is 1. The van der Waals surface area contributed by atoms with Gasteiger partial charge in [-0.15, -0.1) is 0 Å². The quantitative estimate of drug-likeness (QED) is 0.800. The third-order valence-electron chi connectivity index (χ3n) is 4.51. The van der Waals surface area contributed by atoms with Crippen molar-refractivity contribution in [3.63, 3.8) is 0 Å². The summed E-state index contributed by atoms with van der Waals surface area (Å²) in [5.41, 5.74) is 3.00. The Kier molecular flexibility index (Phi) is 5.79. The van der Waals surface area contributed by atoms with Gasteiger partial charge >= 0.3 is 0 Å². The SMILES string of the molecule is CCc1cccc(C)c1NC(=O)CN(c1ccc2c(c1)OCCO2)S(C)(=O)=O. The molecule has 1 amide bonds. The Labute approximate surface area is 165 Å². The number of nitrogens with zero attached hydrogens (tertiary/aromatic N) is 1. The largest absolute Gasteiger partial charge is 0.486 e. The molecule has 0 aliphatic carbocycles. The summed E-state index contributed by atoms with van der Waals surface area (Å²) in [6.07, 6.45) is 1.83. The number of ether oxygens (including phenoxy) is 2. The summed E-state index contributed by atoms with van der Waals surface area (Å²) in [5, 5.41) is 2.86. The Morgan fingerprint density at radius 2 is 1.86 bits per heavy atom. The zero-order valence-corrected chi connectivity index (χ0v) is 17.0. The summed E-state index contributed by atoms with van der Waals surface area (Å²) in [7, 11) is -3.68. The molecule has 0 aromatic heterocycles. The standard InChI is InChI=1S/C20H24N2O5S/c1-4-15-7-5-6-14(2)20(15)21-19(23)13-22(28(3,24)25)16-8-9-17-18(12-16)27-11-10-26-17/h5-9,12H,4,10-11,13H2,1-3H3,(H,21,23). The van der Waals surface area contributed by atoms with Gasteiger partial charge in [0.25, 0.3) is 0 Å². The van der Waals surface area contributed by atoms with Crippen LogP contribution in [-0.4, -0.2) is 40.3 Å². The van der Waals surface area contributed by atoms with Crippen molar-refractivity contribution in [2.45, 2.75) is 20.3 Å². The van der Waals surface area contributed by atoms with E-state index < -0.39 is 15.9 Å². The van der Waals surface area contributed by atoms with Crippen molar-refractivity contribution in [2.75, 3.05) is 35.6 Å². The molecule has 1 aliphatic rings. The number of nitrogens with one attached hydrogen (secondary N) is 1. The molecule has 0 spiro atoms. The molecule has 28 heavy (non-hydrogen) atoms. The lowest BCUT2D eigenvalue weighted by Gasteiger charge is -2.25. The highest BCUT2D eigenvalue weighted by Crippen LogP contribution is 2.34. The number of hydrogen-bond acceptors (Lipinski definition) is 5. The van der Waals surface area contributed by atoms with Crippen LogP contribution in [0, 0.1) is 6.92 Å². The van der Waals surface area contributed by atoms with E-state index in [-0.39, 0.29) is 6.54 Å². The molecule has 1 N–H and O–H groups in total. The van der Waals surface area contributed by atoms with Crippen LogP contribution in [0.3, 0.4) is 0 Å². The third kappa shape index (κ3) is 4.39. The van der Waals surface area contributed by atoms with Gasteiger partial charge in [0.1, 0.15) is 19.8 Å². The van der Waals surface area contributed by atoms with E-state index in [9.17, 15) is 13.2 Å². The number of carbonyl (C=O) groups excluding carboxylic acids is 1. The van der Waals surface area contributed by atoms with Crippen molar-refractivity contribution < 1.29 is 22.7 Å². The topological polar surface area (TPSA) is 84.9 Å². The summed E-state index contributed by atoms with van der Waals surface area (Å²) in [6, 6.07) is 10.6. The van der Waals surface area contributed by atoms with Gasteiger partial charge in [0.2, 0.25) is 15.9 Å². The first-order valence-electron chi connectivity index (χ1n) is 9.05. The average Bonchev–Trinajstić information content (AvgIpc) is 2.66. The predicted molar refractivity (Wildman–Crippen MR) is 109 cm³/mol. The Bertz CT molecular complexity index is 988. The van der Waals surface area contributed by atoms with Crippen LogP contribution in [0.1, 0.15) is 18.1 Å². The van der Waals surface area contributed by atoms with E-state index >= 15 is 0 Å². The fourth-order valence-electron chi connectivity index (χ4n) is 3.10. The second-order valence-corrected chi connectivity index (χ2v) is 8.52. The monoisotopic (exact) mass is 404 g/mol. The number of carbonyl (C=O) groups is 1. The van der Waals surface area contributed by atoms with Gasteiger partial charge in [-0.05, 0) is 36.6 Å². The summed E-state index contributed by atoms with van der Waals surface area (Å²) in [6.45, 7) is 4.41. The fourth-order valence-corrected chi connectivity index (χ4v) is 3.95. The number of sulfonamides is 1. The zero-order chi connectivity index (χ0) is 20.3. The van der Waals surface area contributed by atoms with Gasteiger partial charge in [-0.25, -0.2) is 8.42 Å². The normalized spacial score (nSPS) is 13.1. The number of amides is 1. The summed E-state index contributed by atoms with van der Waals surface area (Å²) in [4.78, 5) is 12.7. The minimum atomic E-state index is -3.68. The van der Waals surface area contributed by atoms with Crippen molar-refractivity contribution >= 4 is 27.3 Å². The number of aryl methyl sites for hydroxylation is 2. The lowest BCUT2D eigenvalue weighted by Crippen LogP contribution is -2.37. The molecule has 8 heteroatoms. The maximum Gasteiger partial charge on any atom is 0.245 e. The molecule has 0 atom stereocenters. The molecule has 1 heterocycles. The Morgan fingerprint density at radius 3 is 2.54 bits per heavy atom. The molecule has 0 saturated heterocycles. The molecule has 0 radical (unpaired) electrons. The number of fused-ring (bicyclic) bond motifs is 1. The van der Waals surface area contributed by atoms with E-state index in [0.29, 0.717) is 30.4 Å². The lowest BCUT2D eigenvalue weighted by molar-refractivity contribution is -0.114. The molecule has 2 aromatic rings. The number of benzene rings is 2. The lowest BCUT2D eigenvalue weighted by atomic mass is 10.1. The molecule has 0 fully saturated rings. The summed E-state index contributed by atoms with van der Waals surface area (Å²) < 4.78 is 36.8. The molecule has 1 aliphatic heterocycles. The number of anilines is 2. The fraction of sp³-hybridized carbons (Fsp3) is 0.350. The zero-order valence-electron chi connectivity index (χ0n) is 16.2. The molecule has 7 nitrogen and oxygen atoms in total. The molecule has 2 aromatic carbocycles. The van der Waals surface area contributed by atoms with Crippen molar-refractivity contribution in [1.82, 2.24) is 0 Å². The first-order chi connectivity index (χ1) is 13.3. The van der Waals surface area contributed by atoms with Gasteiger partial charge < -0.3 is 14.8 Å². The molecule has 0 bridgehead atoms. The maximum atomic E-state index is 12.7. The van der Waals surface area contributed by atoms with Crippen LogP contribution in [0.4, 0.5) is 11.4 Å². The first-order valence-corrected chi connectivity index (χ1v) is 10.9. The summed E-state index contributed by atoms with van der Waals surface area (Å²) >= 11 is 0. The number of rotatable bonds is 6. The van der Waals surface area contributed by atoms with Crippen LogP contribution in [0.2, 0.25) is 0 Å². The van der Waals surface area contributed by atoms with Crippen LogP contribution >= 0.6 is 0 Å². The molecule has 150 valence electrons. The predicted octanol–water partition coefficient (Wildman–Crippen LogP) is 2.73. The van der Waals surface area contributed by atoms with Crippen LogP contribution < -0.4 is 19.1 Å². The van der Waals surface area contributed by atoms with E-state index in [1.54, 1.807) is 18.2 Å². The van der Waals surface area contributed by atoms with Crippen molar-refractivity contribution in [2.24, 2.45) is 0 Å². The van der Waals surface area contributed by atoms with Gasteiger partial charge in [-0.3, -0.25) is 9.10 Å². The van der Waals surface area contributed by atoms with E-state index in [0.717, 1.165) is 33.8 Å². The minimum absolute atomic E-state index is 0.337. The van der Waals surface area contributed by atoms with Gasteiger partial charge in [0.15, 0.2) is 11.5 Å². The van der Waals surface area contributed by atoms with Gasteiger partial charge in [-0.1, -0.05) is 25.1 Å². The molecular formula is C20H24N2O5S. The molecule has 3 rings (SSSR count). The second-order valence-electron chi connectivity index (χ2n) is 6.61. The highest BCUT2D eigenvalue weighted by molar-refractivity contribution is 7.92. The minimum Gasteiger partial charge on any atom is -0.486 e. The van der Waals surface area contributed by atoms with Crippen LogP contribution in [0.5, 0.6) is 11.5 Å². The first kappa shape index (κ1) is 20.0.